The summed E-state index contributed by atoms with van der Waals surface area (Å²) in [6.07, 6.45) is 3.96. The largest absolute Gasteiger partial charge is 0.444 e. The quantitative estimate of drug-likeness (QED) is 0.738. The van der Waals surface area contributed by atoms with Gasteiger partial charge in [0.25, 0.3) is 0 Å². The number of carbonyl (C=O) groups is 1. The van der Waals surface area contributed by atoms with Crippen molar-refractivity contribution in [1.82, 2.24) is 4.90 Å². The van der Waals surface area contributed by atoms with Crippen LogP contribution in [0.3, 0.4) is 0 Å². The van der Waals surface area contributed by atoms with Crippen LogP contribution in [0.15, 0.2) is 24.3 Å². The third-order valence-electron chi connectivity index (χ3n) is 4.54. The van der Waals surface area contributed by atoms with Crippen molar-refractivity contribution in [3.05, 3.63) is 34.9 Å². The van der Waals surface area contributed by atoms with Gasteiger partial charge in [0.15, 0.2) is 0 Å². The van der Waals surface area contributed by atoms with Gasteiger partial charge in [0, 0.05) is 18.1 Å². The van der Waals surface area contributed by atoms with E-state index in [1.807, 2.05) is 37.8 Å². The van der Waals surface area contributed by atoms with Crippen molar-refractivity contribution in [3.8, 4) is 0 Å². The zero-order valence-corrected chi connectivity index (χ0v) is 15.4. The number of ether oxygens (including phenoxy) is 1. The van der Waals surface area contributed by atoms with Crippen LogP contribution in [0.2, 0.25) is 5.02 Å². The van der Waals surface area contributed by atoms with Gasteiger partial charge in [-0.1, -0.05) is 37.1 Å². The molecular formula is C19H28ClNO2. The van der Waals surface area contributed by atoms with Crippen LogP contribution in [-0.4, -0.2) is 29.7 Å². The first-order valence-electron chi connectivity index (χ1n) is 8.50. The van der Waals surface area contributed by atoms with Crippen LogP contribution >= 0.6 is 11.6 Å². The Morgan fingerprint density at radius 3 is 2.48 bits per heavy atom. The van der Waals surface area contributed by atoms with E-state index in [1.165, 1.54) is 5.56 Å². The van der Waals surface area contributed by atoms with Gasteiger partial charge in [-0.05, 0) is 63.1 Å². The third-order valence-corrected chi connectivity index (χ3v) is 4.77. The van der Waals surface area contributed by atoms with Crippen LogP contribution < -0.4 is 0 Å². The molecule has 2 rings (SSSR count). The summed E-state index contributed by atoms with van der Waals surface area (Å²) >= 11 is 6.19. The molecule has 23 heavy (non-hydrogen) atoms. The second-order valence-corrected chi connectivity index (χ2v) is 7.94. The van der Waals surface area contributed by atoms with Crippen LogP contribution in [-0.2, 0) is 10.2 Å². The van der Waals surface area contributed by atoms with Crippen LogP contribution in [0.25, 0.3) is 0 Å². The number of nitrogens with zero attached hydrogens (tertiary/aromatic N) is 1. The molecule has 3 nitrogen and oxygen atoms in total. The summed E-state index contributed by atoms with van der Waals surface area (Å²) in [6.45, 7) is 9.40. The Morgan fingerprint density at radius 1 is 1.30 bits per heavy atom. The van der Waals surface area contributed by atoms with Gasteiger partial charge in [-0.2, -0.15) is 0 Å². The Kier molecular flexibility index (Phi) is 5.61. The lowest BCUT2D eigenvalue weighted by Crippen LogP contribution is -2.46. The first-order chi connectivity index (χ1) is 10.8. The average Bonchev–Trinajstić information content (AvgIpc) is 2.46. The minimum Gasteiger partial charge on any atom is -0.444 e. The highest BCUT2D eigenvalue weighted by molar-refractivity contribution is 6.30. The van der Waals surface area contributed by atoms with Crippen LogP contribution in [0.5, 0.6) is 0 Å². The number of amides is 1. The summed E-state index contributed by atoms with van der Waals surface area (Å²) in [5.41, 5.74) is 0.982. The summed E-state index contributed by atoms with van der Waals surface area (Å²) < 4.78 is 5.50. The highest BCUT2D eigenvalue weighted by Crippen LogP contribution is 2.40. The molecule has 1 aromatic rings. The van der Waals surface area contributed by atoms with Gasteiger partial charge in [0.05, 0.1) is 0 Å². The Labute approximate surface area is 145 Å². The van der Waals surface area contributed by atoms with Gasteiger partial charge in [-0.15, -0.1) is 0 Å². The van der Waals surface area contributed by atoms with E-state index >= 15 is 0 Å². The molecule has 0 radical (unpaired) electrons. The summed E-state index contributed by atoms with van der Waals surface area (Å²) in [6, 6.07) is 8.20. The van der Waals surface area contributed by atoms with Crippen molar-refractivity contribution in [1.29, 1.82) is 0 Å². The maximum atomic E-state index is 12.3. The molecule has 0 aromatic heterocycles. The number of piperidine rings is 1. The van der Waals surface area contributed by atoms with Crippen molar-refractivity contribution in [3.63, 3.8) is 0 Å². The maximum absolute atomic E-state index is 12.3. The van der Waals surface area contributed by atoms with E-state index in [1.54, 1.807) is 0 Å². The van der Waals surface area contributed by atoms with Crippen molar-refractivity contribution in [2.75, 3.05) is 13.1 Å². The van der Waals surface area contributed by atoms with E-state index in [2.05, 4.69) is 19.1 Å². The first kappa shape index (κ1) is 18.1. The lowest BCUT2D eigenvalue weighted by molar-refractivity contribution is 0.0158. The number of hydrogen-bond donors (Lipinski definition) is 0. The van der Waals surface area contributed by atoms with Gasteiger partial charge in [0.1, 0.15) is 5.60 Å². The number of rotatable bonds is 3. The van der Waals surface area contributed by atoms with Gasteiger partial charge in [-0.25, -0.2) is 4.79 Å². The van der Waals surface area contributed by atoms with Gasteiger partial charge >= 0.3 is 6.09 Å². The van der Waals surface area contributed by atoms with Crippen molar-refractivity contribution >= 4 is 17.7 Å². The Bertz CT molecular complexity index is 543. The van der Waals surface area contributed by atoms with Crippen molar-refractivity contribution in [2.45, 2.75) is 64.4 Å². The summed E-state index contributed by atoms with van der Waals surface area (Å²) in [5.74, 6) is 0. The lowest BCUT2D eigenvalue weighted by Gasteiger charge is -2.42. The van der Waals surface area contributed by atoms with E-state index in [9.17, 15) is 4.79 Å². The minimum absolute atomic E-state index is 0.123. The van der Waals surface area contributed by atoms with E-state index in [4.69, 9.17) is 16.3 Å². The molecule has 1 saturated heterocycles. The fourth-order valence-electron chi connectivity index (χ4n) is 3.42. The molecule has 0 bridgehead atoms. The summed E-state index contributed by atoms with van der Waals surface area (Å²) in [4.78, 5) is 14.1. The maximum Gasteiger partial charge on any atom is 0.410 e. The molecule has 1 aliphatic rings. The first-order valence-corrected chi connectivity index (χ1v) is 8.87. The van der Waals surface area contributed by atoms with Crippen LogP contribution in [0.1, 0.15) is 58.9 Å². The Hall–Kier alpha value is -1.22. The normalized spacial score (nSPS) is 17.9. The van der Waals surface area contributed by atoms with Gasteiger partial charge < -0.3 is 9.64 Å². The van der Waals surface area contributed by atoms with E-state index in [0.29, 0.717) is 0 Å². The van der Waals surface area contributed by atoms with E-state index in [-0.39, 0.29) is 11.5 Å². The SMILES string of the molecule is CCCC1(c2cccc(Cl)c2)CCN(C(=O)OC(C)(C)C)CC1. The topological polar surface area (TPSA) is 29.5 Å². The monoisotopic (exact) mass is 337 g/mol. The molecule has 0 unspecified atom stereocenters. The average molecular weight is 338 g/mol. The van der Waals surface area contributed by atoms with E-state index < -0.39 is 5.60 Å². The molecule has 0 aliphatic carbocycles. The molecule has 0 atom stereocenters. The molecule has 1 heterocycles. The third kappa shape index (κ3) is 4.63. The van der Waals surface area contributed by atoms with Crippen molar-refractivity contribution in [2.24, 2.45) is 0 Å². The Balaban J connectivity index is 2.10. The molecule has 0 saturated carbocycles. The van der Waals surface area contributed by atoms with Crippen LogP contribution in [0, 0.1) is 0 Å². The van der Waals surface area contributed by atoms with Crippen molar-refractivity contribution < 1.29 is 9.53 Å². The zero-order valence-electron chi connectivity index (χ0n) is 14.7. The molecule has 1 amide bonds. The number of halogens is 1. The fraction of sp³-hybridized carbons (Fsp3) is 0.632. The summed E-state index contributed by atoms with van der Waals surface area (Å²) in [7, 11) is 0. The van der Waals surface area contributed by atoms with Gasteiger partial charge in [0.2, 0.25) is 0 Å². The van der Waals surface area contributed by atoms with E-state index in [0.717, 1.165) is 43.8 Å². The number of hydrogen-bond acceptors (Lipinski definition) is 2. The summed E-state index contributed by atoms with van der Waals surface area (Å²) in [5, 5.41) is 0.785. The molecule has 0 spiro atoms. The highest BCUT2D eigenvalue weighted by Gasteiger charge is 2.37. The predicted octanol–water partition coefficient (Wildman–Crippen LogP) is 5.41. The number of likely N-dealkylation sites (tertiary alicyclic amines) is 1. The smallest absolute Gasteiger partial charge is 0.410 e. The highest BCUT2D eigenvalue weighted by atomic mass is 35.5. The predicted molar refractivity (Wildman–Crippen MR) is 95.1 cm³/mol. The van der Waals surface area contributed by atoms with Crippen LogP contribution in [0.4, 0.5) is 4.79 Å². The molecular weight excluding hydrogens is 310 g/mol. The molecule has 1 aliphatic heterocycles. The second kappa shape index (κ2) is 7.12. The van der Waals surface area contributed by atoms with Gasteiger partial charge in [-0.3, -0.25) is 0 Å². The molecule has 0 N–H and O–H groups in total. The Morgan fingerprint density at radius 2 is 1.96 bits per heavy atom. The molecule has 1 aromatic carbocycles. The minimum atomic E-state index is -0.442. The second-order valence-electron chi connectivity index (χ2n) is 7.51. The standard InChI is InChI=1S/C19H28ClNO2/c1-5-9-19(15-7-6-8-16(20)14-15)10-12-21(13-11-19)17(22)23-18(2,3)4/h6-8,14H,5,9-13H2,1-4H3. The molecule has 128 valence electrons. The molecule has 4 heteroatoms. The fourth-order valence-corrected chi connectivity index (χ4v) is 3.61. The lowest BCUT2D eigenvalue weighted by atomic mass is 9.70. The molecule has 1 fully saturated rings. The zero-order chi connectivity index (χ0) is 17.1. The number of carbonyl (C=O) groups excluding carboxylic acids is 1. The number of benzene rings is 1.